The maximum atomic E-state index is 12.9. The van der Waals surface area contributed by atoms with E-state index in [9.17, 15) is 20.0 Å². The average molecular weight is 354 g/mol. The third-order valence-corrected chi connectivity index (χ3v) is 4.00. The monoisotopic (exact) mass is 354 g/mol. The molecular weight excluding hydrogens is 332 g/mol. The summed E-state index contributed by atoms with van der Waals surface area (Å²) in [5.74, 6) is -0.162. The Morgan fingerprint density at radius 3 is 2.42 bits per heavy atom. The first-order valence-electron chi connectivity index (χ1n) is 8.45. The largest absolute Gasteiger partial charge is 0.494 e. The minimum absolute atomic E-state index is 0.0223. The number of carbonyl (C=O) groups excluding carboxylic acids is 1. The van der Waals surface area contributed by atoms with Gasteiger partial charge in [-0.05, 0) is 49.6 Å². The van der Waals surface area contributed by atoms with E-state index < -0.39 is 17.2 Å². The van der Waals surface area contributed by atoms with Crippen molar-refractivity contribution in [3.63, 3.8) is 0 Å². The average Bonchev–Trinajstić information content (AvgIpc) is 2.60. The van der Waals surface area contributed by atoms with Crippen molar-refractivity contribution in [1.29, 1.82) is 5.26 Å². The third kappa shape index (κ3) is 3.62. The second kappa shape index (κ2) is 7.87. The smallest absolute Gasteiger partial charge is 0.271 e. The van der Waals surface area contributed by atoms with Gasteiger partial charge in [0.25, 0.3) is 5.56 Å². The summed E-state index contributed by atoms with van der Waals surface area (Å²) >= 11 is 0. The van der Waals surface area contributed by atoms with E-state index in [-0.39, 0.29) is 29.2 Å². The summed E-state index contributed by atoms with van der Waals surface area (Å²) < 4.78 is 6.45. The number of pyridine rings is 1. The van der Waals surface area contributed by atoms with E-state index in [0.29, 0.717) is 17.9 Å². The van der Waals surface area contributed by atoms with Crippen LogP contribution < -0.4 is 10.3 Å². The van der Waals surface area contributed by atoms with E-state index in [4.69, 9.17) is 4.74 Å². The van der Waals surface area contributed by atoms with Gasteiger partial charge < -0.3 is 9.84 Å². The molecule has 1 aromatic heterocycles. The van der Waals surface area contributed by atoms with E-state index in [1.807, 2.05) is 26.8 Å². The van der Waals surface area contributed by atoms with E-state index in [0.717, 1.165) is 4.57 Å². The van der Waals surface area contributed by atoms with Gasteiger partial charge in [0.15, 0.2) is 5.78 Å². The number of benzene rings is 1. The van der Waals surface area contributed by atoms with Crippen molar-refractivity contribution in [2.75, 3.05) is 6.61 Å². The number of hydrogen-bond acceptors (Lipinski definition) is 5. The molecular formula is C20H22N2O4. The van der Waals surface area contributed by atoms with Crippen LogP contribution >= 0.6 is 0 Å². The van der Waals surface area contributed by atoms with Crippen LogP contribution in [0.2, 0.25) is 0 Å². The molecule has 0 atom stereocenters. The Labute approximate surface area is 152 Å². The van der Waals surface area contributed by atoms with Gasteiger partial charge in [-0.2, -0.15) is 5.26 Å². The van der Waals surface area contributed by atoms with Crippen LogP contribution in [-0.2, 0) is 6.54 Å². The number of aromatic nitrogens is 1. The second-order valence-corrected chi connectivity index (χ2v) is 6.41. The molecule has 136 valence electrons. The topological polar surface area (TPSA) is 92.3 Å². The number of rotatable bonds is 6. The fourth-order valence-corrected chi connectivity index (χ4v) is 2.77. The molecule has 0 unspecified atom stereocenters. The molecule has 6 heteroatoms. The van der Waals surface area contributed by atoms with Crippen LogP contribution in [0.15, 0.2) is 29.1 Å². The first-order chi connectivity index (χ1) is 12.3. The molecule has 1 aromatic carbocycles. The lowest BCUT2D eigenvalue weighted by Gasteiger charge is -2.17. The van der Waals surface area contributed by atoms with E-state index in [1.165, 1.54) is 6.92 Å². The van der Waals surface area contributed by atoms with E-state index in [1.54, 1.807) is 24.3 Å². The Morgan fingerprint density at radius 2 is 1.92 bits per heavy atom. The highest BCUT2D eigenvalue weighted by atomic mass is 16.5. The van der Waals surface area contributed by atoms with Gasteiger partial charge in [-0.25, -0.2) is 0 Å². The molecule has 0 saturated heterocycles. The van der Waals surface area contributed by atoms with Crippen LogP contribution in [0.1, 0.15) is 47.8 Å². The van der Waals surface area contributed by atoms with Gasteiger partial charge in [0, 0.05) is 12.1 Å². The predicted molar refractivity (Wildman–Crippen MR) is 97.7 cm³/mol. The molecule has 2 aromatic rings. The van der Waals surface area contributed by atoms with Crippen molar-refractivity contribution in [2.24, 2.45) is 5.92 Å². The summed E-state index contributed by atoms with van der Waals surface area (Å²) in [5.41, 5.74) is -0.206. The second-order valence-electron chi connectivity index (χ2n) is 6.41. The first-order valence-corrected chi connectivity index (χ1v) is 8.45. The van der Waals surface area contributed by atoms with Crippen LogP contribution in [0.25, 0.3) is 0 Å². The van der Waals surface area contributed by atoms with Crippen molar-refractivity contribution < 1.29 is 14.6 Å². The SMILES string of the molecule is CCOc1ccc(C(=O)c2c(C)c(C#N)c(=O)n(CC(C)C)c2O)cc1. The van der Waals surface area contributed by atoms with Gasteiger partial charge in [0.1, 0.15) is 17.4 Å². The van der Waals surface area contributed by atoms with E-state index >= 15 is 0 Å². The van der Waals surface area contributed by atoms with Gasteiger partial charge in [-0.15, -0.1) is 0 Å². The summed E-state index contributed by atoms with van der Waals surface area (Å²) in [6.45, 7) is 7.85. The summed E-state index contributed by atoms with van der Waals surface area (Å²) in [7, 11) is 0. The Kier molecular flexibility index (Phi) is 5.83. The molecule has 0 aliphatic rings. The molecule has 6 nitrogen and oxygen atoms in total. The number of ketones is 1. The van der Waals surface area contributed by atoms with Crippen molar-refractivity contribution in [3.8, 4) is 17.7 Å². The maximum Gasteiger partial charge on any atom is 0.271 e. The third-order valence-electron chi connectivity index (χ3n) is 4.00. The van der Waals surface area contributed by atoms with Crippen molar-refractivity contribution >= 4 is 5.78 Å². The van der Waals surface area contributed by atoms with Gasteiger partial charge in [0.05, 0.1) is 12.2 Å². The van der Waals surface area contributed by atoms with Gasteiger partial charge >= 0.3 is 0 Å². The summed E-state index contributed by atoms with van der Waals surface area (Å²) in [4.78, 5) is 25.4. The predicted octanol–water partition coefficient (Wildman–Crippen LogP) is 3.02. The molecule has 1 N–H and O–H groups in total. The highest BCUT2D eigenvalue weighted by Gasteiger charge is 2.25. The first kappa shape index (κ1) is 19.3. The summed E-state index contributed by atoms with van der Waals surface area (Å²) in [6.07, 6.45) is 0. The zero-order valence-corrected chi connectivity index (χ0v) is 15.4. The minimum Gasteiger partial charge on any atom is -0.494 e. The number of hydrogen-bond donors (Lipinski definition) is 1. The number of aromatic hydroxyl groups is 1. The molecule has 0 aliphatic carbocycles. The van der Waals surface area contributed by atoms with Crippen molar-refractivity contribution in [3.05, 3.63) is 56.9 Å². The Bertz CT molecular complexity index is 919. The fourth-order valence-electron chi connectivity index (χ4n) is 2.77. The Hall–Kier alpha value is -3.07. The quantitative estimate of drug-likeness (QED) is 0.805. The highest BCUT2D eigenvalue weighted by molar-refractivity contribution is 6.11. The molecule has 1 heterocycles. The zero-order chi connectivity index (χ0) is 19.4. The van der Waals surface area contributed by atoms with Gasteiger partial charge in [0.2, 0.25) is 5.88 Å². The van der Waals surface area contributed by atoms with Crippen molar-refractivity contribution in [1.82, 2.24) is 4.57 Å². The molecule has 0 bridgehead atoms. The standard InChI is InChI=1S/C20H22N2O4/c1-5-26-15-8-6-14(7-9-15)18(23)17-13(4)16(10-21)19(24)22(20(17)25)11-12(2)3/h6-9,12,25H,5,11H2,1-4H3. The summed E-state index contributed by atoms with van der Waals surface area (Å²) in [6, 6.07) is 8.38. The molecule has 2 rings (SSSR count). The van der Waals surface area contributed by atoms with Gasteiger partial charge in [-0.1, -0.05) is 13.8 Å². The molecule has 0 fully saturated rings. The van der Waals surface area contributed by atoms with Crippen LogP contribution in [0.5, 0.6) is 11.6 Å². The van der Waals surface area contributed by atoms with Crippen LogP contribution in [0.4, 0.5) is 0 Å². The lowest BCUT2D eigenvalue weighted by molar-refractivity contribution is 0.103. The highest BCUT2D eigenvalue weighted by Crippen LogP contribution is 2.26. The molecule has 0 spiro atoms. The molecule has 0 amide bonds. The number of nitriles is 1. The number of carbonyl (C=O) groups is 1. The molecule has 0 saturated carbocycles. The van der Waals surface area contributed by atoms with Crippen LogP contribution in [0.3, 0.4) is 0 Å². The Morgan fingerprint density at radius 1 is 1.31 bits per heavy atom. The molecule has 0 aliphatic heterocycles. The summed E-state index contributed by atoms with van der Waals surface area (Å²) in [5, 5.41) is 19.9. The number of nitrogens with zero attached hydrogens (tertiary/aromatic N) is 2. The van der Waals surface area contributed by atoms with Crippen molar-refractivity contribution in [2.45, 2.75) is 34.2 Å². The van der Waals surface area contributed by atoms with E-state index in [2.05, 4.69) is 0 Å². The van der Waals surface area contributed by atoms with Crippen LogP contribution in [-0.4, -0.2) is 22.1 Å². The fraction of sp³-hybridized carbons (Fsp3) is 0.350. The maximum absolute atomic E-state index is 12.9. The van der Waals surface area contributed by atoms with Gasteiger partial charge in [-0.3, -0.25) is 14.2 Å². The molecule has 0 radical (unpaired) electrons. The lowest BCUT2D eigenvalue weighted by atomic mass is 9.97. The Balaban J connectivity index is 2.62. The zero-order valence-electron chi connectivity index (χ0n) is 15.4. The normalized spacial score (nSPS) is 10.6. The minimum atomic E-state index is -0.584. The molecule has 26 heavy (non-hydrogen) atoms. The van der Waals surface area contributed by atoms with Crippen LogP contribution in [0, 0.1) is 24.2 Å². The lowest BCUT2D eigenvalue weighted by Crippen LogP contribution is -2.28. The number of ether oxygens (including phenoxy) is 1.